The van der Waals surface area contributed by atoms with Gasteiger partial charge in [0.2, 0.25) is 0 Å². The van der Waals surface area contributed by atoms with Crippen molar-refractivity contribution in [2.45, 2.75) is 19.6 Å². The maximum Gasteiger partial charge on any atom is 1.00 e. The van der Waals surface area contributed by atoms with Gasteiger partial charge >= 0.3 is 29.6 Å². The average Bonchev–Trinajstić information content (AvgIpc) is 2.32. The molecule has 0 aliphatic heterocycles. The van der Waals surface area contributed by atoms with Gasteiger partial charge in [0, 0.05) is 14.7 Å². The smallest absolute Gasteiger partial charge is 1.00 e. The van der Waals surface area contributed by atoms with Gasteiger partial charge < -0.3 is 1.43 Å². The first-order valence-corrected chi connectivity index (χ1v) is 7.70. The molecule has 0 radical (unpaired) electrons. The summed E-state index contributed by atoms with van der Waals surface area (Å²) in [6.07, 6.45) is 0. The van der Waals surface area contributed by atoms with Crippen molar-refractivity contribution in [3.63, 3.8) is 0 Å². The van der Waals surface area contributed by atoms with E-state index in [1.807, 2.05) is 30.3 Å². The summed E-state index contributed by atoms with van der Waals surface area (Å²) in [6.45, 7) is 0. The number of rotatable bonds is 3. The van der Waals surface area contributed by atoms with E-state index in [0.29, 0.717) is 9.79 Å². The van der Waals surface area contributed by atoms with Gasteiger partial charge in [0.05, 0.1) is 4.90 Å². The standard InChI is InChI=1S/C12H10O3S3.Na.H/c13-18(14,15)10-6-7-11(16)12(8-10)17-9-4-2-1-3-5-9;;/h1-8,16H,(H,13,14,15);;/q;+1;-1. The molecule has 2 rings (SSSR count). The van der Waals surface area contributed by atoms with Crippen LogP contribution >= 0.6 is 24.4 Å². The second-order valence-electron chi connectivity index (χ2n) is 3.52. The summed E-state index contributed by atoms with van der Waals surface area (Å²) >= 11 is 5.67. The minimum absolute atomic E-state index is 0. The minimum Gasteiger partial charge on any atom is -1.00 e. The molecule has 1 N–H and O–H groups in total. The molecule has 0 bridgehead atoms. The van der Waals surface area contributed by atoms with Crippen LogP contribution in [0.2, 0.25) is 0 Å². The molecule has 0 amide bonds. The molecule has 0 fully saturated rings. The van der Waals surface area contributed by atoms with Crippen LogP contribution in [-0.4, -0.2) is 13.0 Å². The fourth-order valence-corrected chi connectivity index (χ4v) is 3.12. The zero-order valence-corrected chi connectivity index (χ0v) is 14.7. The molecule has 2 aromatic carbocycles. The largest absolute Gasteiger partial charge is 1.00 e. The van der Waals surface area contributed by atoms with Gasteiger partial charge in [-0.15, -0.1) is 12.6 Å². The van der Waals surface area contributed by atoms with Crippen LogP contribution in [0.1, 0.15) is 1.43 Å². The maximum atomic E-state index is 11.1. The van der Waals surface area contributed by atoms with Crippen LogP contribution < -0.4 is 29.6 Å². The molecule has 0 saturated heterocycles. The Kier molecular flexibility index (Phi) is 6.46. The molecule has 0 heterocycles. The predicted octanol–water partition coefficient (Wildman–Crippen LogP) is 0.490. The van der Waals surface area contributed by atoms with E-state index in [4.69, 9.17) is 4.55 Å². The van der Waals surface area contributed by atoms with Crippen molar-refractivity contribution in [3.8, 4) is 0 Å². The Morgan fingerprint density at radius 1 is 1.11 bits per heavy atom. The van der Waals surface area contributed by atoms with E-state index < -0.39 is 10.1 Å². The Balaban J connectivity index is 0.00000180. The van der Waals surface area contributed by atoms with Crippen LogP contribution in [0, 0.1) is 0 Å². The molecule has 19 heavy (non-hydrogen) atoms. The molecule has 3 nitrogen and oxygen atoms in total. The maximum absolute atomic E-state index is 11.1. The number of benzene rings is 2. The molecular formula is C12H11NaO3S3. The van der Waals surface area contributed by atoms with E-state index in [9.17, 15) is 8.42 Å². The third-order valence-electron chi connectivity index (χ3n) is 2.20. The Labute approximate surface area is 145 Å². The van der Waals surface area contributed by atoms with Gasteiger partial charge in [-0.1, -0.05) is 30.0 Å². The quantitative estimate of drug-likeness (QED) is 0.491. The van der Waals surface area contributed by atoms with Crippen LogP contribution in [0.4, 0.5) is 0 Å². The van der Waals surface area contributed by atoms with Gasteiger partial charge in [-0.2, -0.15) is 8.42 Å². The fourth-order valence-electron chi connectivity index (χ4n) is 1.35. The molecule has 0 aliphatic rings. The van der Waals surface area contributed by atoms with Crippen LogP contribution in [0.5, 0.6) is 0 Å². The van der Waals surface area contributed by atoms with Crippen LogP contribution in [-0.2, 0) is 10.1 Å². The monoisotopic (exact) mass is 322 g/mol. The summed E-state index contributed by atoms with van der Waals surface area (Å²) in [5, 5.41) is 0. The topological polar surface area (TPSA) is 54.4 Å². The van der Waals surface area contributed by atoms with Crippen molar-refractivity contribution < 1.29 is 44.0 Å². The number of hydrogen-bond donors (Lipinski definition) is 2. The van der Waals surface area contributed by atoms with Gasteiger partial charge in [0.25, 0.3) is 10.1 Å². The van der Waals surface area contributed by atoms with E-state index >= 15 is 0 Å². The van der Waals surface area contributed by atoms with Crippen molar-refractivity contribution >= 4 is 34.5 Å². The van der Waals surface area contributed by atoms with Crippen molar-refractivity contribution in [1.29, 1.82) is 0 Å². The first-order chi connectivity index (χ1) is 8.47. The van der Waals surface area contributed by atoms with Crippen LogP contribution in [0.15, 0.2) is 68.1 Å². The summed E-state index contributed by atoms with van der Waals surface area (Å²) in [4.78, 5) is 2.19. The molecular weight excluding hydrogens is 311 g/mol. The molecule has 96 valence electrons. The minimum atomic E-state index is -4.18. The van der Waals surface area contributed by atoms with Gasteiger partial charge in [-0.3, -0.25) is 4.55 Å². The second-order valence-corrected chi connectivity index (χ2v) is 6.54. The number of thiol groups is 1. The average molecular weight is 322 g/mol. The zero-order valence-electron chi connectivity index (χ0n) is 11.1. The molecule has 0 aromatic heterocycles. The van der Waals surface area contributed by atoms with E-state index in [0.717, 1.165) is 4.90 Å². The Bertz CT molecular complexity index is 663. The summed E-state index contributed by atoms with van der Waals surface area (Å²) in [5.41, 5.74) is 0. The number of hydrogen-bond acceptors (Lipinski definition) is 4. The zero-order chi connectivity index (χ0) is 13.2. The molecule has 0 unspecified atom stereocenters. The molecule has 0 saturated carbocycles. The molecule has 0 spiro atoms. The van der Waals surface area contributed by atoms with E-state index in [1.54, 1.807) is 6.07 Å². The fraction of sp³-hybridized carbons (Fsp3) is 0. The van der Waals surface area contributed by atoms with E-state index in [2.05, 4.69) is 12.6 Å². The second kappa shape index (κ2) is 7.17. The van der Waals surface area contributed by atoms with E-state index in [-0.39, 0.29) is 35.9 Å². The summed E-state index contributed by atoms with van der Waals surface area (Å²) in [7, 11) is -4.18. The third-order valence-corrected chi connectivity index (χ3v) is 4.66. The molecule has 0 atom stereocenters. The van der Waals surface area contributed by atoms with Gasteiger partial charge in [-0.25, -0.2) is 0 Å². The Morgan fingerprint density at radius 3 is 2.32 bits per heavy atom. The van der Waals surface area contributed by atoms with Crippen molar-refractivity contribution in [2.75, 3.05) is 0 Å². The van der Waals surface area contributed by atoms with Gasteiger partial charge in [-0.05, 0) is 30.3 Å². The van der Waals surface area contributed by atoms with Crippen LogP contribution in [0.3, 0.4) is 0 Å². The Hall–Kier alpha value is 0.0500. The SMILES string of the molecule is O=S(=O)(O)c1ccc(S)c(Sc2ccccc2)c1.[H-].[Na+]. The first kappa shape index (κ1) is 17.1. The van der Waals surface area contributed by atoms with Gasteiger partial charge in [0.15, 0.2) is 0 Å². The van der Waals surface area contributed by atoms with E-state index in [1.165, 1.54) is 23.9 Å². The molecule has 0 aliphatic carbocycles. The normalized spacial score (nSPS) is 10.8. The summed E-state index contributed by atoms with van der Waals surface area (Å²) in [5.74, 6) is 0. The summed E-state index contributed by atoms with van der Waals surface area (Å²) in [6, 6.07) is 13.8. The van der Waals surface area contributed by atoms with Crippen molar-refractivity contribution in [2.24, 2.45) is 0 Å². The third kappa shape index (κ3) is 4.82. The molecule has 2 aromatic rings. The summed E-state index contributed by atoms with van der Waals surface area (Å²) < 4.78 is 31.1. The molecule has 7 heteroatoms. The van der Waals surface area contributed by atoms with Crippen LogP contribution in [0.25, 0.3) is 0 Å². The van der Waals surface area contributed by atoms with Crippen molar-refractivity contribution in [1.82, 2.24) is 0 Å². The van der Waals surface area contributed by atoms with Gasteiger partial charge in [0.1, 0.15) is 0 Å². The Morgan fingerprint density at radius 2 is 1.74 bits per heavy atom. The first-order valence-electron chi connectivity index (χ1n) is 5.00. The predicted molar refractivity (Wildman–Crippen MR) is 75.2 cm³/mol. The van der Waals surface area contributed by atoms with Crippen molar-refractivity contribution in [3.05, 3.63) is 48.5 Å².